The summed E-state index contributed by atoms with van der Waals surface area (Å²) in [4.78, 5) is 32.9. The van der Waals surface area contributed by atoms with Crippen LogP contribution < -0.4 is 10.6 Å². The number of nitrogens with two attached hydrogens (primary N) is 1. The lowest BCUT2D eigenvalue weighted by atomic mass is 10.1. The van der Waals surface area contributed by atoms with Crippen molar-refractivity contribution in [3.05, 3.63) is 54.7 Å². The number of ether oxygens (including phenoxy) is 1. The lowest BCUT2D eigenvalue weighted by Crippen LogP contribution is -2.25. The minimum absolute atomic E-state index is 0.112. The number of pyridine rings is 1. The third-order valence-corrected chi connectivity index (χ3v) is 5.02. The van der Waals surface area contributed by atoms with Crippen molar-refractivity contribution in [2.75, 3.05) is 11.4 Å². The molecule has 3 aromatic rings. The Morgan fingerprint density at radius 1 is 1.29 bits per heavy atom. The van der Waals surface area contributed by atoms with Crippen LogP contribution in [0, 0.1) is 5.82 Å². The summed E-state index contributed by atoms with van der Waals surface area (Å²) in [5.41, 5.74) is 6.92. The molecule has 3 N–H and O–H groups in total. The van der Waals surface area contributed by atoms with Crippen molar-refractivity contribution in [2.45, 2.75) is 25.7 Å². The van der Waals surface area contributed by atoms with E-state index < -0.39 is 23.9 Å². The van der Waals surface area contributed by atoms with Crippen LogP contribution in [0.25, 0.3) is 22.6 Å². The van der Waals surface area contributed by atoms with Crippen molar-refractivity contribution in [1.29, 1.82) is 0 Å². The maximum atomic E-state index is 14.8. The molecule has 2 aromatic heterocycles. The summed E-state index contributed by atoms with van der Waals surface area (Å²) < 4.78 is 21.6. The largest absolute Gasteiger partial charge is 0.444 e. The van der Waals surface area contributed by atoms with Crippen LogP contribution in [0.2, 0.25) is 0 Å². The Morgan fingerprint density at radius 3 is 2.81 bits per heavy atom. The number of rotatable bonds is 7. The molecule has 0 bridgehead atoms. The Hall–Kier alpha value is -3.79. The van der Waals surface area contributed by atoms with Crippen molar-refractivity contribution in [2.24, 2.45) is 5.73 Å². The fraction of sp³-hybridized carbons (Fsp3) is 0.238. The average molecular weight is 425 g/mol. The number of imidazole rings is 1. The molecule has 9 nitrogen and oxygen atoms in total. The van der Waals surface area contributed by atoms with Crippen molar-refractivity contribution in [3.63, 3.8) is 0 Å². The highest BCUT2D eigenvalue weighted by Crippen LogP contribution is 2.30. The van der Waals surface area contributed by atoms with Crippen LogP contribution in [0.3, 0.4) is 0 Å². The number of hydrogen-bond acceptors (Lipinski definition) is 6. The first-order chi connectivity index (χ1) is 15.0. The van der Waals surface area contributed by atoms with Gasteiger partial charge in [-0.1, -0.05) is 6.07 Å². The monoisotopic (exact) mass is 425 g/mol. The molecule has 1 saturated heterocycles. The van der Waals surface area contributed by atoms with Crippen molar-refractivity contribution in [3.8, 4) is 22.6 Å². The number of anilines is 1. The number of amides is 2. The molecule has 1 fully saturated rings. The number of halogens is 1. The highest BCUT2D eigenvalue weighted by molar-refractivity contribution is 5.90. The van der Waals surface area contributed by atoms with Gasteiger partial charge in [-0.15, -0.1) is 0 Å². The second-order valence-electron chi connectivity index (χ2n) is 7.08. The first-order valence-corrected chi connectivity index (χ1v) is 9.61. The standard InChI is InChI=1S/C21H20FN5O4/c22-17-9-14(27-11-15(31-21(27)30)3-6-19(23)29)2-4-16(17)13-1-5-18(25-10-13)20-24-7-8-26(20)12-28/h1-2,4-5,7-10,15,28H,3,6,11-12H2,(H2,23,29). The molecule has 2 amide bonds. The van der Waals surface area contributed by atoms with Gasteiger partial charge in [0.1, 0.15) is 24.3 Å². The molecule has 0 spiro atoms. The SMILES string of the molecule is NC(=O)CCC1CN(c2ccc(-c3ccc(-c4nccn4CO)nc3)c(F)c2)C(=O)O1. The first-order valence-electron chi connectivity index (χ1n) is 9.61. The second kappa shape index (κ2) is 8.52. The van der Waals surface area contributed by atoms with E-state index in [2.05, 4.69) is 9.97 Å². The van der Waals surface area contributed by atoms with E-state index in [1.165, 1.54) is 21.7 Å². The Kier molecular flexibility index (Phi) is 5.63. The number of benzene rings is 1. The summed E-state index contributed by atoms with van der Waals surface area (Å²) in [5.74, 6) is -0.481. The molecular weight excluding hydrogens is 405 g/mol. The molecule has 31 heavy (non-hydrogen) atoms. The van der Waals surface area contributed by atoms with E-state index in [1.54, 1.807) is 36.7 Å². The van der Waals surface area contributed by atoms with Gasteiger partial charge in [-0.05, 0) is 30.7 Å². The molecule has 3 heterocycles. The third kappa shape index (κ3) is 4.24. The molecule has 160 valence electrons. The zero-order valence-electron chi connectivity index (χ0n) is 16.4. The van der Waals surface area contributed by atoms with E-state index in [0.717, 1.165) is 0 Å². The maximum absolute atomic E-state index is 14.8. The summed E-state index contributed by atoms with van der Waals surface area (Å²) in [6.07, 6.45) is 4.09. The van der Waals surface area contributed by atoms with Crippen LogP contribution in [-0.2, 0) is 16.3 Å². The Balaban J connectivity index is 1.51. The van der Waals surface area contributed by atoms with E-state index >= 15 is 0 Å². The van der Waals surface area contributed by atoms with E-state index in [0.29, 0.717) is 34.8 Å². The van der Waals surface area contributed by atoms with Gasteiger partial charge in [-0.3, -0.25) is 14.7 Å². The van der Waals surface area contributed by atoms with Crippen molar-refractivity contribution >= 4 is 17.7 Å². The topological polar surface area (TPSA) is 124 Å². The molecule has 0 radical (unpaired) electrons. The predicted octanol–water partition coefficient (Wildman–Crippen LogP) is 2.29. The fourth-order valence-corrected chi connectivity index (χ4v) is 3.43. The minimum atomic E-state index is -0.591. The smallest absolute Gasteiger partial charge is 0.414 e. The zero-order valence-corrected chi connectivity index (χ0v) is 16.4. The summed E-state index contributed by atoms with van der Waals surface area (Å²) in [6.45, 7) is -0.00413. The van der Waals surface area contributed by atoms with Crippen molar-refractivity contribution in [1.82, 2.24) is 14.5 Å². The van der Waals surface area contributed by atoms with E-state index in [9.17, 15) is 19.1 Å². The molecule has 1 aromatic carbocycles. The van der Waals surface area contributed by atoms with Gasteiger partial charge in [0.25, 0.3) is 0 Å². The molecule has 1 unspecified atom stereocenters. The van der Waals surface area contributed by atoms with Gasteiger partial charge in [0.2, 0.25) is 5.91 Å². The van der Waals surface area contributed by atoms with E-state index in [4.69, 9.17) is 10.5 Å². The van der Waals surface area contributed by atoms with Gasteiger partial charge in [-0.25, -0.2) is 14.2 Å². The highest BCUT2D eigenvalue weighted by Gasteiger charge is 2.32. The van der Waals surface area contributed by atoms with Gasteiger partial charge >= 0.3 is 6.09 Å². The maximum Gasteiger partial charge on any atom is 0.414 e. The first kappa shape index (κ1) is 20.5. The molecule has 1 aliphatic rings. The molecule has 1 aliphatic heterocycles. The Labute approximate surface area is 176 Å². The number of primary amides is 1. The minimum Gasteiger partial charge on any atom is -0.444 e. The van der Waals surface area contributed by atoms with Gasteiger partial charge in [-0.2, -0.15) is 0 Å². The number of nitrogens with zero attached hydrogens (tertiary/aromatic N) is 4. The van der Waals surface area contributed by atoms with Gasteiger partial charge in [0, 0.05) is 36.1 Å². The number of carbonyl (C=O) groups excluding carboxylic acids is 2. The lowest BCUT2D eigenvalue weighted by Gasteiger charge is -2.14. The van der Waals surface area contributed by atoms with Crippen LogP contribution in [0.4, 0.5) is 14.9 Å². The van der Waals surface area contributed by atoms with E-state index in [1.807, 2.05) is 0 Å². The molecule has 1 atom stereocenters. The van der Waals surface area contributed by atoms with Crippen LogP contribution in [0.5, 0.6) is 0 Å². The average Bonchev–Trinajstić information content (AvgIpc) is 3.38. The third-order valence-electron chi connectivity index (χ3n) is 5.02. The second-order valence-corrected chi connectivity index (χ2v) is 7.08. The quantitative estimate of drug-likeness (QED) is 0.599. The predicted molar refractivity (Wildman–Crippen MR) is 109 cm³/mol. The zero-order chi connectivity index (χ0) is 22.0. The molecule has 10 heteroatoms. The molecule has 0 aliphatic carbocycles. The number of aliphatic hydroxyl groups is 1. The van der Waals surface area contributed by atoms with Crippen LogP contribution in [0.1, 0.15) is 12.8 Å². The number of aliphatic hydroxyl groups excluding tert-OH is 1. The number of carbonyl (C=O) groups is 2. The van der Waals surface area contributed by atoms with Gasteiger partial charge in [0.05, 0.1) is 12.2 Å². The Bertz CT molecular complexity index is 1120. The summed E-state index contributed by atoms with van der Waals surface area (Å²) in [5, 5.41) is 9.33. The molecule has 0 saturated carbocycles. The van der Waals surface area contributed by atoms with Gasteiger partial charge in [0.15, 0.2) is 5.82 Å². The summed E-state index contributed by atoms with van der Waals surface area (Å²) in [6, 6.07) is 7.86. The summed E-state index contributed by atoms with van der Waals surface area (Å²) in [7, 11) is 0. The lowest BCUT2D eigenvalue weighted by molar-refractivity contribution is -0.118. The van der Waals surface area contributed by atoms with Gasteiger partial charge < -0.3 is 20.1 Å². The molecular formula is C21H20FN5O4. The van der Waals surface area contributed by atoms with Crippen LogP contribution in [-0.4, -0.2) is 44.3 Å². The molecule has 4 rings (SSSR count). The Morgan fingerprint density at radius 2 is 2.13 bits per heavy atom. The van der Waals surface area contributed by atoms with Crippen LogP contribution in [0.15, 0.2) is 48.9 Å². The van der Waals surface area contributed by atoms with E-state index in [-0.39, 0.29) is 19.7 Å². The van der Waals surface area contributed by atoms with Crippen molar-refractivity contribution < 1.29 is 23.8 Å². The number of cyclic esters (lactones) is 1. The fourth-order valence-electron chi connectivity index (χ4n) is 3.43. The summed E-state index contributed by atoms with van der Waals surface area (Å²) >= 11 is 0. The number of hydrogen-bond donors (Lipinski definition) is 2. The number of aromatic nitrogens is 3. The van der Waals surface area contributed by atoms with Crippen LogP contribution >= 0.6 is 0 Å². The normalized spacial score (nSPS) is 15.9. The highest BCUT2D eigenvalue weighted by atomic mass is 19.1.